The zero-order valence-electron chi connectivity index (χ0n) is 15.9. The molecule has 146 valence electrons. The van der Waals surface area contributed by atoms with Gasteiger partial charge < -0.3 is 15.0 Å². The topological polar surface area (TPSA) is 66.0 Å². The molecule has 7 heteroatoms. The van der Waals surface area contributed by atoms with Crippen LogP contribution in [0.15, 0.2) is 53.6 Å². The summed E-state index contributed by atoms with van der Waals surface area (Å²) in [6.45, 7) is 6.32. The van der Waals surface area contributed by atoms with E-state index < -0.39 is 0 Å². The number of halogens is 1. The molecule has 0 saturated carbocycles. The second-order valence-corrected chi connectivity index (χ2v) is 5.61. The number of hydrogen-bond donors (Lipinski definition) is 2. The van der Waals surface area contributed by atoms with Crippen molar-refractivity contribution in [3.63, 3.8) is 0 Å². The predicted molar refractivity (Wildman–Crippen MR) is 114 cm³/mol. The van der Waals surface area contributed by atoms with Crippen LogP contribution in [0.25, 0.3) is 0 Å². The zero-order chi connectivity index (χ0) is 18.8. The molecule has 0 heterocycles. The SMILES string of the molecule is CCN(CC)c1ccc(/C=N\NC(=O)CNc2ccccc2OC)cc1.Cl. The second-order valence-electron chi connectivity index (χ2n) is 5.61. The van der Waals surface area contributed by atoms with Gasteiger partial charge in [0, 0.05) is 18.8 Å². The van der Waals surface area contributed by atoms with Gasteiger partial charge >= 0.3 is 0 Å². The highest BCUT2D eigenvalue weighted by Gasteiger charge is 2.04. The Bertz CT molecular complexity index is 731. The molecule has 0 fully saturated rings. The van der Waals surface area contributed by atoms with Gasteiger partial charge in [0.2, 0.25) is 0 Å². The van der Waals surface area contributed by atoms with Gasteiger partial charge in [-0.1, -0.05) is 24.3 Å². The maximum Gasteiger partial charge on any atom is 0.259 e. The molecule has 0 unspecified atom stereocenters. The number of amides is 1. The van der Waals surface area contributed by atoms with Crippen LogP contribution in [0.2, 0.25) is 0 Å². The van der Waals surface area contributed by atoms with Gasteiger partial charge in [-0.3, -0.25) is 4.79 Å². The Morgan fingerprint density at radius 3 is 2.41 bits per heavy atom. The largest absolute Gasteiger partial charge is 0.495 e. The fraction of sp³-hybridized carbons (Fsp3) is 0.300. The number of anilines is 2. The van der Waals surface area contributed by atoms with Gasteiger partial charge in [0.25, 0.3) is 5.91 Å². The van der Waals surface area contributed by atoms with Gasteiger partial charge in [-0.25, -0.2) is 5.43 Å². The van der Waals surface area contributed by atoms with E-state index in [-0.39, 0.29) is 24.9 Å². The summed E-state index contributed by atoms with van der Waals surface area (Å²) < 4.78 is 5.23. The van der Waals surface area contributed by atoms with Gasteiger partial charge in [0.05, 0.1) is 25.6 Å². The molecule has 1 amide bonds. The van der Waals surface area contributed by atoms with E-state index in [2.05, 4.69) is 46.7 Å². The number of benzene rings is 2. The first kappa shape index (κ1) is 22.3. The number of ether oxygens (including phenoxy) is 1. The third-order valence-corrected chi connectivity index (χ3v) is 3.97. The molecule has 6 nitrogen and oxygen atoms in total. The van der Waals surface area contributed by atoms with Gasteiger partial charge in [-0.05, 0) is 43.7 Å². The lowest BCUT2D eigenvalue weighted by molar-refractivity contribution is -0.119. The van der Waals surface area contributed by atoms with E-state index in [4.69, 9.17) is 4.74 Å². The van der Waals surface area contributed by atoms with Crippen LogP contribution in [0.5, 0.6) is 5.75 Å². The smallest absolute Gasteiger partial charge is 0.259 e. The number of nitrogens with zero attached hydrogens (tertiary/aromatic N) is 2. The number of nitrogens with one attached hydrogen (secondary N) is 2. The van der Waals surface area contributed by atoms with Crippen LogP contribution in [-0.2, 0) is 4.79 Å². The zero-order valence-corrected chi connectivity index (χ0v) is 16.8. The molecule has 0 atom stereocenters. The van der Waals surface area contributed by atoms with E-state index in [1.54, 1.807) is 13.3 Å². The van der Waals surface area contributed by atoms with Crippen LogP contribution in [0.1, 0.15) is 19.4 Å². The Morgan fingerprint density at radius 1 is 1.11 bits per heavy atom. The van der Waals surface area contributed by atoms with Crippen molar-refractivity contribution in [3.8, 4) is 5.75 Å². The van der Waals surface area contributed by atoms with Crippen LogP contribution in [0.4, 0.5) is 11.4 Å². The third kappa shape index (κ3) is 6.83. The van der Waals surface area contributed by atoms with Crippen molar-refractivity contribution < 1.29 is 9.53 Å². The normalized spacial score (nSPS) is 10.2. The first-order chi connectivity index (χ1) is 12.7. The number of rotatable bonds is 9. The highest BCUT2D eigenvalue weighted by molar-refractivity contribution is 5.85. The Kier molecular flexibility index (Phi) is 9.75. The molecule has 0 aromatic heterocycles. The number of hydrazone groups is 1. The molecule has 27 heavy (non-hydrogen) atoms. The maximum atomic E-state index is 11.9. The van der Waals surface area contributed by atoms with E-state index in [0.717, 1.165) is 24.3 Å². The van der Waals surface area contributed by atoms with Gasteiger partial charge in [-0.2, -0.15) is 5.10 Å². The third-order valence-electron chi connectivity index (χ3n) is 3.97. The van der Waals surface area contributed by atoms with Crippen molar-refractivity contribution in [3.05, 3.63) is 54.1 Å². The molecule has 2 N–H and O–H groups in total. The monoisotopic (exact) mass is 390 g/mol. The molecular weight excluding hydrogens is 364 g/mol. The first-order valence-corrected chi connectivity index (χ1v) is 8.71. The van der Waals surface area contributed by atoms with Crippen LogP contribution >= 0.6 is 12.4 Å². The minimum absolute atomic E-state index is 0. The summed E-state index contributed by atoms with van der Waals surface area (Å²) in [7, 11) is 1.59. The summed E-state index contributed by atoms with van der Waals surface area (Å²) in [6.07, 6.45) is 1.63. The number of carbonyl (C=O) groups is 1. The number of hydrogen-bond acceptors (Lipinski definition) is 5. The fourth-order valence-electron chi connectivity index (χ4n) is 2.54. The highest BCUT2D eigenvalue weighted by Crippen LogP contribution is 2.22. The predicted octanol–water partition coefficient (Wildman–Crippen LogP) is 3.53. The molecule has 0 aliphatic rings. The second kappa shape index (κ2) is 11.8. The molecule has 0 bridgehead atoms. The van der Waals surface area contributed by atoms with Gasteiger partial charge in [0.1, 0.15) is 5.75 Å². The van der Waals surface area contributed by atoms with E-state index in [1.807, 2.05) is 36.4 Å². The van der Waals surface area contributed by atoms with Crippen LogP contribution in [0.3, 0.4) is 0 Å². The van der Waals surface area contributed by atoms with Crippen LogP contribution in [0, 0.1) is 0 Å². The van der Waals surface area contributed by atoms with E-state index in [1.165, 1.54) is 5.69 Å². The van der Waals surface area contributed by atoms with Crippen molar-refractivity contribution in [1.29, 1.82) is 0 Å². The summed E-state index contributed by atoms with van der Waals surface area (Å²) in [6, 6.07) is 15.5. The number of carbonyl (C=O) groups excluding carboxylic acids is 1. The van der Waals surface area contributed by atoms with Crippen molar-refractivity contribution in [1.82, 2.24) is 5.43 Å². The summed E-state index contributed by atoms with van der Waals surface area (Å²) in [5.41, 5.74) is 5.39. The van der Waals surface area contributed by atoms with Crippen molar-refractivity contribution in [2.45, 2.75) is 13.8 Å². The van der Waals surface area contributed by atoms with E-state index in [0.29, 0.717) is 5.75 Å². The lowest BCUT2D eigenvalue weighted by Gasteiger charge is -2.20. The minimum atomic E-state index is -0.230. The van der Waals surface area contributed by atoms with Crippen LogP contribution in [-0.4, -0.2) is 38.9 Å². The van der Waals surface area contributed by atoms with E-state index in [9.17, 15) is 4.79 Å². The maximum absolute atomic E-state index is 11.9. The molecule has 0 saturated heterocycles. The average Bonchev–Trinajstić information content (AvgIpc) is 2.68. The van der Waals surface area contributed by atoms with Crippen molar-refractivity contribution in [2.75, 3.05) is 37.0 Å². The fourth-order valence-corrected chi connectivity index (χ4v) is 2.54. The lowest BCUT2D eigenvalue weighted by Crippen LogP contribution is -2.26. The minimum Gasteiger partial charge on any atom is -0.495 e. The summed E-state index contributed by atoms with van der Waals surface area (Å²) >= 11 is 0. The van der Waals surface area contributed by atoms with Crippen molar-refractivity contribution in [2.24, 2.45) is 5.10 Å². The molecular formula is C20H27ClN4O2. The average molecular weight is 391 g/mol. The Hall–Kier alpha value is -2.73. The number of methoxy groups -OCH3 is 1. The lowest BCUT2D eigenvalue weighted by atomic mass is 10.2. The first-order valence-electron chi connectivity index (χ1n) is 8.71. The summed E-state index contributed by atoms with van der Waals surface area (Å²) in [5, 5.41) is 7.03. The van der Waals surface area contributed by atoms with E-state index >= 15 is 0 Å². The van der Waals surface area contributed by atoms with Crippen molar-refractivity contribution >= 4 is 35.9 Å². The molecule has 0 radical (unpaired) electrons. The standard InChI is InChI=1S/C20H26N4O2.ClH/c1-4-24(5-2)17-12-10-16(11-13-17)14-22-23-20(25)15-21-18-8-6-7-9-19(18)26-3;/h6-14,21H,4-5,15H2,1-3H3,(H,23,25);1H/b22-14-;. The highest BCUT2D eigenvalue weighted by atomic mass is 35.5. The quantitative estimate of drug-likeness (QED) is 0.507. The Morgan fingerprint density at radius 2 is 1.78 bits per heavy atom. The molecule has 2 rings (SSSR count). The summed E-state index contributed by atoms with van der Waals surface area (Å²) in [5.74, 6) is 0.462. The Balaban J connectivity index is 0.00000364. The molecule has 2 aromatic rings. The molecule has 0 aliphatic heterocycles. The summed E-state index contributed by atoms with van der Waals surface area (Å²) in [4.78, 5) is 14.2. The number of para-hydroxylation sites is 2. The van der Waals surface area contributed by atoms with Crippen LogP contribution < -0.4 is 20.4 Å². The molecule has 0 aliphatic carbocycles. The van der Waals surface area contributed by atoms with Gasteiger partial charge in [0.15, 0.2) is 0 Å². The molecule has 2 aromatic carbocycles. The van der Waals surface area contributed by atoms with Gasteiger partial charge in [-0.15, -0.1) is 12.4 Å². The molecule has 0 spiro atoms. The Labute approximate surface area is 167 Å².